The van der Waals surface area contributed by atoms with E-state index in [9.17, 15) is 14.5 Å². The SMILES string of the molecule is O=[N+]([O-])c1cccnc1NCc1ccc(Oc2cccnc2)c(F)c1. The Bertz CT molecular complexity index is 890. The topological polar surface area (TPSA) is 90.2 Å². The quantitative estimate of drug-likeness (QED) is 0.540. The van der Waals surface area contributed by atoms with E-state index < -0.39 is 10.7 Å². The second kappa shape index (κ2) is 7.35. The van der Waals surface area contributed by atoms with Crippen LogP contribution >= 0.6 is 0 Å². The predicted octanol–water partition coefficient (Wildman–Crippen LogP) is 3.93. The van der Waals surface area contributed by atoms with Crippen LogP contribution in [0.5, 0.6) is 11.5 Å². The van der Waals surface area contributed by atoms with Gasteiger partial charge in [0.15, 0.2) is 11.6 Å². The van der Waals surface area contributed by atoms with Crippen LogP contribution in [0.25, 0.3) is 0 Å². The van der Waals surface area contributed by atoms with Crippen molar-refractivity contribution < 1.29 is 14.1 Å². The lowest BCUT2D eigenvalue weighted by molar-refractivity contribution is -0.384. The van der Waals surface area contributed by atoms with Gasteiger partial charge in [-0.25, -0.2) is 9.37 Å². The lowest BCUT2D eigenvalue weighted by atomic mass is 10.2. The zero-order valence-electron chi connectivity index (χ0n) is 12.9. The molecule has 1 aromatic carbocycles. The summed E-state index contributed by atoms with van der Waals surface area (Å²) in [5, 5.41) is 13.8. The summed E-state index contributed by atoms with van der Waals surface area (Å²) in [6.07, 6.45) is 4.52. The van der Waals surface area contributed by atoms with E-state index in [1.54, 1.807) is 24.4 Å². The van der Waals surface area contributed by atoms with Gasteiger partial charge in [0.05, 0.1) is 11.1 Å². The summed E-state index contributed by atoms with van der Waals surface area (Å²) in [5.41, 5.74) is 0.454. The monoisotopic (exact) mass is 340 g/mol. The molecule has 25 heavy (non-hydrogen) atoms. The number of nitrogens with one attached hydrogen (secondary N) is 1. The van der Waals surface area contributed by atoms with Crippen LogP contribution in [0.4, 0.5) is 15.9 Å². The van der Waals surface area contributed by atoms with Gasteiger partial charge < -0.3 is 10.1 Å². The fourth-order valence-corrected chi connectivity index (χ4v) is 2.14. The minimum absolute atomic E-state index is 0.0700. The van der Waals surface area contributed by atoms with Crippen LogP contribution in [-0.4, -0.2) is 14.9 Å². The Balaban J connectivity index is 1.70. The van der Waals surface area contributed by atoms with Crippen molar-refractivity contribution in [1.29, 1.82) is 0 Å². The number of benzene rings is 1. The van der Waals surface area contributed by atoms with Crippen LogP contribution in [0.2, 0.25) is 0 Å². The second-order valence-electron chi connectivity index (χ2n) is 5.04. The Morgan fingerprint density at radius 3 is 2.76 bits per heavy atom. The fourth-order valence-electron chi connectivity index (χ4n) is 2.14. The lowest BCUT2D eigenvalue weighted by Gasteiger charge is -2.09. The van der Waals surface area contributed by atoms with Gasteiger partial charge in [-0.1, -0.05) is 6.07 Å². The molecular weight excluding hydrogens is 327 g/mol. The van der Waals surface area contributed by atoms with Crippen molar-refractivity contribution >= 4 is 11.5 Å². The molecule has 0 radical (unpaired) electrons. The van der Waals surface area contributed by atoms with Crippen molar-refractivity contribution in [1.82, 2.24) is 9.97 Å². The molecule has 0 saturated heterocycles. The minimum Gasteiger partial charge on any atom is -0.453 e. The van der Waals surface area contributed by atoms with E-state index in [1.807, 2.05) is 0 Å². The summed E-state index contributed by atoms with van der Waals surface area (Å²) < 4.78 is 19.6. The second-order valence-corrected chi connectivity index (χ2v) is 5.04. The molecule has 126 valence electrons. The number of hydrogen-bond acceptors (Lipinski definition) is 6. The van der Waals surface area contributed by atoms with Gasteiger partial charge in [-0.2, -0.15) is 0 Å². The van der Waals surface area contributed by atoms with E-state index >= 15 is 0 Å². The van der Waals surface area contributed by atoms with Gasteiger partial charge in [0.2, 0.25) is 5.82 Å². The standard InChI is InChI=1S/C17H13FN4O3/c18-14-9-12(5-6-16(14)25-13-3-1-7-19-11-13)10-21-17-15(22(23)24)4-2-8-20-17/h1-9,11H,10H2,(H,20,21). The normalized spacial score (nSPS) is 10.3. The largest absolute Gasteiger partial charge is 0.453 e. The summed E-state index contributed by atoms with van der Waals surface area (Å²) in [7, 11) is 0. The highest BCUT2D eigenvalue weighted by atomic mass is 19.1. The van der Waals surface area contributed by atoms with Crippen molar-refractivity contribution in [2.75, 3.05) is 5.32 Å². The maximum atomic E-state index is 14.2. The summed E-state index contributed by atoms with van der Waals surface area (Å²) in [6, 6.07) is 10.6. The number of ether oxygens (including phenoxy) is 1. The maximum Gasteiger partial charge on any atom is 0.311 e. The molecule has 0 saturated carbocycles. The minimum atomic E-state index is -0.543. The van der Waals surface area contributed by atoms with Gasteiger partial charge in [0.25, 0.3) is 0 Å². The number of halogens is 1. The zero-order valence-corrected chi connectivity index (χ0v) is 12.9. The first-order valence-electron chi connectivity index (χ1n) is 7.33. The first-order chi connectivity index (χ1) is 12.1. The predicted molar refractivity (Wildman–Crippen MR) is 88.9 cm³/mol. The number of rotatable bonds is 6. The Hall–Kier alpha value is -3.55. The summed E-state index contributed by atoms with van der Waals surface area (Å²) in [5.74, 6) is 0.0826. The molecule has 0 aliphatic heterocycles. The molecule has 3 rings (SSSR count). The van der Waals surface area contributed by atoms with Gasteiger partial charge in [-0.05, 0) is 35.9 Å². The van der Waals surface area contributed by atoms with E-state index in [4.69, 9.17) is 4.74 Å². The van der Waals surface area contributed by atoms with E-state index in [1.165, 1.54) is 36.7 Å². The van der Waals surface area contributed by atoms with Crippen LogP contribution in [0.15, 0.2) is 61.1 Å². The summed E-state index contributed by atoms with van der Waals surface area (Å²) in [4.78, 5) is 18.2. The van der Waals surface area contributed by atoms with Crippen LogP contribution in [-0.2, 0) is 6.54 Å². The number of aromatic nitrogens is 2. The first kappa shape index (κ1) is 16.3. The van der Waals surface area contributed by atoms with Crippen molar-refractivity contribution in [3.05, 3.63) is 82.6 Å². The van der Waals surface area contributed by atoms with E-state index in [0.29, 0.717) is 11.3 Å². The third kappa shape index (κ3) is 4.05. The Morgan fingerprint density at radius 2 is 2.04 bits per heavy atom. The van der Waals surface area contributed by atoms with Gasteiger partial charge >= 0.3 is 5.69 Å². The number of anilines is 1. The molecule has 1 N–H and O–H groups in total. The molecule has 8 heteroatoms. The Morgan fingerprint density at radius 1 is 1.20 bits per heavy atom. The third-order valence-electron chi connectivity index (χ3n) is 3.30. The molecule has 0 spiro atoms. The maximum absolute atomic E-state index is 14.2. The highest BCUT2D eigenvalue weighted by Gasteiger charge is 2.14. The smallest absolute Gasteiger partial charge is 0.311 e. The Kier molecular flexibility index (Phi) is 4.79. The molecule has 7 nitrogen and oxygen atoms in total. The molecule has 0 atom stereocenters. The molecule has 3 aromatic rings. The van der Waals surface area contributed by atoms with Gasteiger partial charge in [0, 0.05) is 25.0 Å². The molecule has 2 heterocycles. The molecule has 2 aromatic heterocycles. The van der Waals surface area contributed by atoms with Crippen LogP contribution in [0.3, 0.4) is 0 Å². The van der Waals surface area contributed by atoms with E-state index in [2.05, 4.69) is 15.3 Å². The van der Waals surface area contributed by atoms with Crippen molar-refractivity contribution in [3.63, 3.8) is 0 Å². The molecule has 0 fully saturated rings. The van der Waals surface area contributed by atoms with Crippen LogP contribution in [0, 0.1) is 15.9 Å². The highest BCUT2D eigenvalue weighted by molar-refractivity contribution is 5.55. The molecule has 0 aliphatic carbocycles. The van der Waals surface area contributed by atoms with Crippen molar-refractivity contribution in [2.45, 2.75) is 6.54 Å². The van der Waals surface area contributed by atoms with Gasteiger partial charge in [-0.3, -0.25) is 15.1 Å². The number of pyridine rings is 2. The number of nitro groups is 1. The van der Waals surface area contributed by atoms with E-state index in [-0.39, 0.29) is 23.8 Å². The molecule has 0 unspecified atom stereocenters. The van der Waals surface area contributed by atoms with Crippen molar-refractivity contribution in [3.8, 4) is 11.5 Å². The third-order valence-corrected chi connectivity index (χ3v) is 3.30. The summed E-state index contributed by atoms with van der Waals surface area (Å²) in [6.45, 7) is 0.182. The zero-order chi connectivity index (χ0) is 17.6. The van der Waals surface area contributed by atoms with Crippen LogP contribution in [0.1, 0.15) is 5.56 Å². The molecule has 0 bridgehead atoms. The molecular formula is C17H13FN4O3. The highest BCUT2D eigenvalue weighted by Crippen LogP contribution is 2.25. The number of hydrogen-bond donors (Lipinski definition) is 1. The molecule has 0 amide bonds. The average Bonchev–Trinajstić information content (AvgIpc) is 2.63. The number of nitrogens with zero attached hydrogens (tertiary/aromatic N) is 3. The Labute approximate surface area is 142 Å². The fraction of sp³-hybridized carbons (Fsp3) is 0.0588. The first-order valence-corrected chi connectivity index (χ1v) is 7.33. The van der Waals surface area contributed by atoms with Gasteiger partial charge in [-0.15, -0.1) is 0 Å². The summed E-state index contributed by atoms with van der Waals surface area (Å²) >= 11 is 0. The lowest BCUT2D eigenvalue weighted by Crippen LogP contribution is -2.04. The van der Waals surface area contributed by atoms with E-state index in [0.717, 1.165) is 0 Å². The average molecular weight is 340 g/mol. The van der Waals surface area contributed by atoms with Crippen LogP contribution < -0.4 is 10.1 Å². The van der Waals surface area contributed by atoms with Gasteiger partial charge in [0.1, 0.15) is 5.75 Å². The van der Waals surface area contributed by atoms with Crippen molar-refractivity contribution in [2.24, 2.45) is 0 Å². The molecule has 0 aliphatic rings.